The van der Waals surface area contributed by atoms with Crippen LogP contribution in [0.2, 0.25) is 5.02 Å². The van der Waals surface area contributed by atoms with E-state index in [2.05, 4.69) is 10.3 Å². The molecule has 0 amide bonds. The minimum absolute atomic E-state index is 0.119. The Kier molecular flexibility index (Phi) is 3.94. The summed E-state index contributed by atoms with van der Waals surface area (Å²) in [5, 5.41) is 3.85. The molecule has 0 radical (unpaired) electrons. The predicted octanol–water partition coefficient (Wildman–Crippen LogP) is 3.49. The standard InChI is InChI=1S/C14H14ClFN2/c1-9-3-4-10(6-13(9)15)14(17-2)11-5-12(16)8-18-7-11/h3-8,14,17H,1-2H3. The van der Waals surface area contributed by atoms with Gasteiger partial charge in [0.1, 0.15) is 5.82 Å². The van der Waals surface area contributed by atoms with Gasteiger partial charge in [0.05, 0.1) is 12.2 Å². The van der Waals surface area contributed by atoms with Crippen molar-refractivity contribution in [2.75, 3.05) is 7.05 Å². The summed E-state index contributed by atoms with van der Waals surface area (Å²) in [6, 6.07) is 7.18. The maximum absolute atomic E-state index is 13.2. The van der Waals surface area contributed by atoms with Crippen LogP contribution in [0.4, 0.5) is 4.39 Å². The van der Waals surface area contributed by atoms with E-state index in [0.29, 0.717) is 5.02 Å². The van der Waals surface area contributed by atoms with E-state index in [1.807, 2.05) is 32.2 Å². The number of aryl methyl sites for hydroxylation is 1. The van der Waals surface area contributed by atoms with Crippen LogP contribution in [0.1, 0.15) is 22.7 Å². The summed E-state index contributed by atoms with van der Waals surface area (Å²) in [5.41, 5.74) is 2.78. The number of aromatic nitrogens is 1. The number of nitrogens with zero attached hydrogens (tertiary/aromatic N) is 1. The zero-order valence-corrected chi connectivity index (χ0v) is 11.0. The summed E-state index contributed by atoms with van der Waals surface area (Å²) in [5.74, 6) is -0.342. The first-order valence-corrected chi connectivity index (χ1v) is 6.03. The van der Waals surface area contributed by atoms with Gasteiger partial charge in [-0.3, -0.25) is 4.98 Å². The Hall–Kier alpha value is -1.45. The lowest BCUT2D eigenvalue weighted by Gasteiger charge is -2.17. The molecule has 0 aliphatic heterocycles. The van der Waals surface area contributed by atoms with Crippen LogP contribution in [0.25, 0.3) is 0 Å². The molecule has 1 aromatic carbocycles. The Bertz CT molecular complexity index is 557. The molecular formula is C14H14ClFN2. The number of benzene rings is 1. The van der Waals surface area contributed by atoms with Gasteiger partial charge in [0.25, 0.3) is 0 Å². The summed E-state index contributed by atoms with van der Waals surface area (Å²) in [4.78, 5) is 3.87. The van der Waals surface area contributed by atoms with Gasteiger partial charge in [0, 0.05) is 11.2 Å². The topological polar surface area (TPSA) is 24.9 Å². The van der Waals surface area contributed by atoms with Crippen LogP contribution in [0.15, 0.2) is 36.7 Å². The Morgan fingerprint density at radius 2 is 2.00 bits per heavy atom. The Balaban J connectivity index is 2.42. The van der Waals surface area contributed by atoms with E-state index in [0.717, 1.165) is 16.7 Å². The third-order valence-corrected chi connectivity index (χ3v) is 3.28. The van der Waals surface area contributed by atoms with Crippen molar-refractivity contribution < 1.29 is 4.39 Å². The molecule has 2 nitrogen and oxygen atoms in total. The van der Waals surface area contributed by atoms with Crippen molar-refractivity contribution in [1.82, 2.24) is 10.3 Å². The molecule has 2 aromatic rings. The van der Waals surface area contributed by atoms with Gasteiger partial charge in [-0.25, -0.2) is 4.39 Å². The fourth-order valence-electron chi connectivity index (χ4n) is 1.90. The highest BCUT2D eigenvalue weighted by Gasteiger charge is 2.13. The first-order chi connectivity index (χ1) is 8.61. The number of halogens is 2. The van der Waals surface area contributed by atoms with Gasteiger partial charge in [-0.05, 0) is 42.8 Å². The largest absolute Gasteiger partial charge is 0.309 e. The molecular weight excluding hydrogens is 251 g/mol. The van der Waals surface area contributed by atoms with E-state index in [4.69, 9.17) is 11.6 Å². The quantitative estimate of drug-likeness (QED) is 0.918. The molecule has 0 aliphatic rings. The highest BCUT2D eigenvalue weighted by Crippen LogP contribution is 2.25. The second-order valence-corrected chi connectivity index (χ2v) is 4.57. The van der Waals surface area contributed by atoms with Gasteiger partial charge >= 0.3 is 0 Å². The Labute approximate surface area is 111 Å². The molecule has 0 fully saturated rings. The average molecular weight is 265 g/mol. The van der Waals surface area contributed by atoms with Crippen molar-refractivity contribution >= 4 is 11.6 Å². The molecule has 0 bridgehead atoms. The van der Waals surface area contributed by atoms with Crippen molar-refractivity contribution in [2.24, 2.45) is 0 Å². The van der Waals surface area contributed by atoms with Gasteiger partial charge in [0.15, 0.2) is 0 Å². The summed E-state index contributed by atoms with van der Waals surface area (Å²) in [7, 11) is 1.82. The van der Waals surface area contributed by atoms with Crippen LogP contribution in [0.3, 0.4) is 0 Å². The fraction of sp³-hybridized carbons (Fsp3) is 0.214. The van der Waals surface area contributed by atoms with Gasteiger partial charge in [0.2, 0.25) is 0 Å². The summed E-state index contributed by atoms with van der Waals surface area (Å²) in [6.07, 6.45) is 2.84. The summed E-state index contributed by atoms with van der Waals surface area (Å²) < 4.78 is 13.2. The van der Waals surface area contributed by atoms with Gasteiger partial charge in [-0.2, -0.15) is 0 Å². The smallest absolute Gasteiger partial charge is 0.141 e. The van der Waals surface area contributed by atoms with Crippen molar-refractivity contribution in [2.45, 2.75) is 13.0 Å². The zero-order valence-electron chi connectivity index (χ0n) is 10.2. The molecule has 0 spiro atoms. The molecule has 0 aliphatic carbocycles. The van der Waals surface area contributed by atoms with E-state index in [1.165, 1.54) is 12.3 Å². The minimum atomic E-state index is -0.342. The van der Waals surface area contributed by atoms with Crippen molar-refractivity contribution in [3.63, 3.8) is 0 Å². The molecule has 4 heteroatoms. The van der Waals surface area contributed by atoms with Gasteiger partial charge < -0.3 is 5.32 Å². The zero-order chi connectivity index (χ0) is 13.1. The number of rotatable bonds is 3. The summed E-state index contributed by atoms with van der Waals surface area (Å²) in [6.45, 7) is 1.95. The van der Waals surface area contributed by atoms with Crippen molar-refractivity contribution in [3.8, 4) is 0 Å². The van der Waals surface area contributed by atoms with Crippen LogP contribution in [-0.2, 0) is 0 Å². The average Bonchev–Trinajstić information content (AvgIpc) is 2.35. The van der Waals surface area contributed by atoms with Gasteiger partial charge in [-0.15, -0.1) is 0 Å². The lowest BCUT2D eigenvalue weighted by atomic mass is 9.99. The van der Waals surface area contributed by atoms with Crippen LogP contribution >= 0.6 is 11.6 Å². The molecule has 2 rings (SSSR count). The van der Waals surface area contributed by atoms with E-state index >= 15 is 0 Å². The van der Waals surface area contributed by atoms with Crippen LogP contribution in [-0.4, -0.2) is 12.0 Å². The van der Waals surface area contributed by atoms with E-state index in [-0.39, 0.29) is 11.9 Å². The summed E-state index contributed by atoms with van der Waals surface area (Å²) >= 11 is 6.12. The molecule has 18 heavy (non-hydrogen) atoms. The number of nitrogens with one attached hydrogen (secondary N) is 1. The molecule has 1 atom stereocenters. The molecule has 1 N–H and O–H groups in total. The number of hydrogen-bond acceptors (Lipinski definition) is 2. The predicted molar refractivity (Wildman–Crippen MR) is 71.3 cm³/mol. The third-order valence-electron chi connectivity index (χ3n) is 2.88. The van der Waals surface area contributed by atoms with Crippen LogP contribution < -0.4 is 5.32 Å². The van der Waals surface area contributed by atoms with Gasteiger partial charge in [-0.1, -0.05) is 23.7 Å². The maximum atomic E-state index is 13.2. The molecule has 0 saturated carbocycles. The van der Waals surface area contributed by atoms with E-state index in [9.17, 15) is 4.39 Å². The highest BCUT2D eigenvalue weighted by molar-refractivity contribution is 6.31. The van der Waals surface area contributed by atoms with Crippen LogP contribution in [0, 0.1) is 12.7 Å². The first-order valence-electron chi connectivity index (χ1n) is 5.65. The molecule has 0 saturated heterocycles. The lowest BCUT2D eigenvalue weighted by Crippen LogP contribution is -2.18. The first kappa shape index (κ1) is 13.0. The maximum Gasteiger partial charge on any atom is 0.141 e. The molecule has 1 unspecified atom stereocenters. The molecule has 1 heterocycles. The van der Waals surface area contributed by atoms with Crippen molar-refractivity contribution in [1.29, 1.82) is 0 Å². The molecule has 94 valence electrons. The second-order valence-electron chi connectivity index (χ2n) is 4.17. The van der Waals surface area contributed by atoms with E-state index in [1.54, 1.807) is 6.20 Å². The number of pyridine rings is 1. The third kappa shape index (κ3) is 2.68. The second kappa shape index (κ2) is 5.46. The monoisotopic (exact) mass is 264 g/mol. The normalized spacial score (nSPS) is 12.4. The van der Waals surface area contributed by atoms with Crippen LogP contribution in [0.5, 0.6) is 0 Å². The number of hydrogen-bond donors (Lipinski definition) is 1. The minimum Gasteiger partial charge on any atom is -0.309 e. The van der Waals surface area contributed by atoms with Crippen molar-refractivity contribution in [3.05, 3.63) is 64.2 Å². The molecule has 1 aromatic heterocycles. The lowest BCUT2D eigenvalue weighted by molar-refractivity contribution is 0.608. The Morgan fingerprint density at radius 3 is 2.61 bits per heavy atom. The Morgan fingerprint density at radius 1 is 1.22 bits per heavy atom. The fourth-order valence-corrected chi connectivity index (χ4v) is 2.09. The SMILES string of the molecule is CNC(c1cncc(F)c1)c1ccc(C)c(Cl)c1. The van der Waals surface area contributed by atoms with E-state index < -0.39 is 0 Å². The highest BCUT2D eigenvalue weighted by atomic mass is 35.5.